The first-order valence-electron chi connectivity index (χ1n) is 6.05. The molecule has 0 bridgehead atoms. The van der Waals surface area contributed by atoms with Gasteiger partial charge in [0.2, 0.25) is 6.08 Å². The molecule has 0 saturated heterocycles. The number of amides is 2. The van der Waals surface area contributed by atoms with Gasteiger partial charge in [0.15, 0.2) is 0 Å². The normalized spacial score (nSPS) is 9.11. The molecule has 2 amide bonds. The quantitative estimate of drug-likeness (QED) is 0.363. The molecular weight excluding hydrogens is 254 g/mol. The minimum absolute atomic E-state index is 0.143. The average molecular weight is 273 g/mol. The van der Waals surface area contributed by atoms with Crippen molar-refractivity contribution in [3.05, 3.63) is 0 Å². The van der Waals surface area contributed by atoms with E-state index in [1.165, 1.54) is 6.08 Å². The molecule has 0 heterocycles. The van der Waals surface area contributed by atoms with Crippen LogP contribution in [0.4, 0.5) is 9.59 Å². The highest BCUT2D eigenvalue weighted by molar-refractivity contribution is 5.67. The molecule has 0 aliphatic heterocycles. The number of rotatable bonds is 9. The fourth-order valence-corrected chi connectivity index (χ4v) is 0.977. The van der Waals surface area contributed by atoms with Gasteiger partial charge >= 0.3 is 12.2 Å². The Labute approximate surface area is 111 Å². The first-order chi connectivity index (χ1) is 9.20. The number of hydrogen-bond acceptors (Lipinski definition) is 6. The van der Waals surface area contributed by atoms with Gasteiger partial charge in [-0.1, -0.05) is 6.92 Å². The fraction of sp³-hybridized carbons (Fsp3) is 0.727. The zero-order chi connectivity index (χ0) is 14.3. The summed E-state index contributed by atoms with van der Waals surface area (Å²) in [5.74, 6) is 0. The van der Waals surface area contributed by atoms with Gasteiger partial charge < -0.3 is 20.1 Å². The van der Waals surface area contributed by atoms with Crippen LogP contribution in [0.1, 0.15) is 19.8 Å². The van der Waals surface area contributed by atoms with E-state index in [4.69, 9.17) is 9.47 Å². The highest BCUT2D eigenvalue weighted by Crippen LogP contribution is 1.87. The molecule has 2 N–H and O–H groups in total. The standard InChI is InChI=1S/C11H19N3O5/c1-2-4-13-10(16)18-7-3-8-19-11(17)14-6-5-12-9-15/h2-8H2,1H3,(H,13,16)(H,14,17). The summed E-state index contributed by atoms with van der Waals surface area (Å²) in [4.78, 5) is 35.0. The Hall–Kier alpha value is -2.08. The summed E-state index contributed by atoms with van der Waals surface area (Å²) < 4.78 is 9.60. The van der Waals surface area contributed by atoms with Crippen LogP contribution in [-0.4, -0.2) is 51.1 Å². The van der Waals surface area contributed by atoms with Crippen molar-refractivity contribution in [3.8, 4) is 0 Å². The van der Waals surface area contributed by atoms with Crippen LogP contribution in [0.3, 0.4) is 0 Å². The van der Waals surface area contributed by atoms with Crippen LogP contribution in [0, 0.1) is 0 Å². The predicted octanol–water partition coefficient (Wildman–Crippen LogP) is 0.575. The highest BCUT2D eigenvalue weighted by Gasteiger charge is 2.02. The monoisotopic (exact) mass is 273 g/mol. The van der Waals surface area contributed by atoms with Crippen LogP contribution in [0.15, 0.2) is 4.99 Å². The molecule has 0 saturated carbocycles. The van der Waals surface area contributed by atoms with Gasteiger partial charge in [-0.2, -0.15) is 0 Å². The van der Waals surface area contributed by atoms with Gasteiger partial charge in [-0.05, 0) is 6.42 Å². The topological polar surface area (TPSA) is 106 Å². The maximum absolute atomic E-state index is 11.1. The van der Waals surface area contributed by atoms with Gasteiger partial charge in [-0.3, -0.25) is 0 Å². The Bertz CT molecular complexity index is 315. The fourth-order valence-electron chi connectivity index (χ4n) is 0.977. The van der Waals surface area contributed by atoms with Crippen LogP contribution < -0.4 is 10.6 Å². The third-order valence-electron chi connectivity index (χ3n) is 1.83. The minimum Gasteiger partial charge on any atom is -0.449 e. The van der Waals surface area contributed by atoms with Crippen molar-refractivity contribution in [2.75, 3.05) is 32.8 Å². The zero-order valence-electron chi connectivity index (χ0n) is 10.9. The van der Waals surface area contributed by atoms with E-state index in [1.807, 2.05) is 6.92 Å². The van der Waals surface area contributed by atoms with E-state index in [-0.39, 0.29) is 26.3 Å². The van der Waals surface area contributed by atoms with Crippen molar-refractivity contribution in [1.82, 2.24) is 10.6 Å². The van der Waals surface area contributed by atoms with E-state index in [0.717, 1.165) is 6.42 Å². The first kappa shape index (κ1) is 16.9. The lowest BCUT2D eigenvalue weighted by Crippen LogP contribution is -2.28. The number of nitrogens with zero attached hydrogens (tertiary/aromatic N) is 1. The van der Waals surface area contributed by atoms with E-state index in [0.29, 0.717) is 13.0 Å². The maximum atomic E-state index is 11.1. The molecule has 0 aromatic rings. The van der Waals surface area contributed by atoms with Crippen LogP contribution in [0.5, 0.6) is 0 Å². The third-order valence-corrected chi connectivity index (χ3v) is 1.83. The van der Waals surface area contributed by atoms with E-state index < -0.39 is 12.2 Å². The molecular formula is C11H19N3O5. The lowest BCUT2D eigenvalue weighted by molar-refractivity contribution is 0.119. The van der Waals surface area contributed by atoms with Gasteiger partial charge in [0.05, 0.1) is 19.8 Å². The van der Waals surface area contributed by atoms with Crippen molar-refractivity contribution in [2.24, 2.45) is 4.99 Å². The van der Waals surface area contributed by atoms with Crippen molar-refractivity contribution in [1.29, 1.82) is 0 Å². The summed E-state index contributed by atoms with van der Waals surface area (Å²) in [5, 5.41) is 4.94. The SMILES string of the molecule is CCCNC(=O)OCCCOC(=O)NCCN=C=O. The minimum atomic E-state index is -0.600. The second-order valence-corrected chi connectivity index (χ2v) is 3.45. The van der Waals surface area contributed by atoms with Gasteiger partial charge in [-0.25, -0.2) is 19.4 Å². The number of hydrogen-bond donors (Lipinski definition) is 2. The van der Waals surface area contributed by atoms with Crippen LogP contribution in [0.2, 0.25) is 0 Å². The van der Waals surface area contributed by atoms with Crippen molar-refractivity contribution >= 4 is 18.3 Å². The summed E-state index contributed by atoms with van der Waals surface area (Å²) in [6.45, 7) is 3.21. The summed E-state index contributed by atoms with van der Waals surface area (Å²) in [6, 6.07) is 0. The molecule has 0 rings (SSSR count). The molecule has 108 valence electrons. The maximum Gasteiger partial charge on any atom is 0.407 e. The Morgan fingerprint density at radius 2 is 1.68 bits per heavy atom. The van der Waals surface area contributed by atoms with Crippen LogP contribution in [-0.2, 0) is 14.3 Å². The predicted molar refractivity (Wildman–Crippen MR) is 66.6 cm³/mol. The lowest BCUT2D eigenvalue weighted by Gasteiger charge is -2.07. The first-order valence-corrected chi connectivity index (χ1v) is 6.05. The molecule has 0 radical (unpaired) electrons. The zero-order valence-corrected chi connectivity index (χ0v) is 10.9. The van der Waals surface area contributed by atoms with Gasteiger partial charge in [0, 0.05) is 19.5 Å². The number of isocyanates is 1. The summed E-state index contributed by atoms with van der Waals surface area (Å²) in [7, 11) is 0. The Kier molecular flexibility index (Phi) is 11.0. The summed E-state index contributed by atoms with van der Waals surface area (Å²) >= 11 is 0. The van der Waals surface area contributed by atoms with Gasteiger partial charge in [-0.15, -0.1) is 0 Å². The summed E-state index contributed by atoms with van der Waals surface area (Å²) in [6.07, 6.45) is 1.54. The van der Waals surface area contributed by atoms with E-state index in [9.17, 15) is 14.4 Å². The smallest absolute Gasteiger partial charge is 0.407 e. The number of carbonyl (C=O) groups excluding carboxylic acids is 3. The number of carbonyl (C=O) groups is 2. The number of ether oxygens (including phenoxy) is 2. The second-order valence-electron chi connectivity index (χ2n) is 3.45. The summed E-state index contributed by atoms with van der Waals surface area (Å²) in [5.41, 5.74) is 0. The third kappa shape index (κ3) is 12.2. The molecule has 0 spiro atoms. The Morgan fingerprint density at radius 3 is 2.21 bits per heavy atom. The van der Waals surface area contributed by atoms with E-state index >= 15 is 0 Å². The van der Waals surface area contributed by atoms with Crippen molar-refractivity contribution in [3.63, 3.8) is 0 Å². The Balaban J connectivity index is 3.35. The molecule has 19 heavy (non-hydrogen) atoms. The number of aliphatic imine (C=N–C) groups is 1. The van der Waals surface area contributed by atoms with E-state index in [1.54, 1.807) is 0 Å². The molecule has 0 fully saturated rings. The number of alkyl carbamates (subject to hydrolysis) is 2. The molecule has 0 aromatic carbocycles. The van der Waals surface area contributed by atoms with Crippen molar-refractivity contribution in [2.45, 2.75) is 19.8 Å². The molecule has 0 atom stereocenters. The largest absolute Gasteiger partial charge is 0.449 e. The van der Waals surface area contributed by atoms with Crippen molar-refractivity contribution < 1.29 is 23.9 Å². The molecule has 0 aromatic heterocycles. The van der Waals surface area contributed by atoms with E-state index in [2.05, 4.69) is 15.6 Å². The lowest BCUT2D eigenvalue weighted by atomic mass is 10.5. The molecule has 8 nitrogen and oxygen atoms in total. The van der Waals surface area contributed by atoms with Crippen LogP contribution >= 0.6 is 0 Å². The molecule has 0 unspecified atom stereocenters. The molecule has 8 heteroatoms. The van der Waals surface area contributed by atoms with Gasteiger partial charge in [0.25, 0.3) is 0 Å². The average Bonchev–Trinajstić information content (AvgIpc) is 2.41. The Morgan fingerprint density at radius 1 is 1.11 bits per heavy atom. The number of nitrogens with one attached hydrogen (secondary N) is 2. The molecule has 0 aliphatic carbocycles. The van der Waals surface area contributed by atoms with Gasteiger partial charge in [0.1, 0.15) is 0 Å². The second kappa shape index (κ2) is 12.4. The molecule has 0 aliphatic rings. The highest BCUT2D eigenvalue weighted by atomic mass is 16.6. The van der Waals surface area contributed by atoms with Crippen LogP contribution in [0.25, 0.3) is 0 Å².